The second kappa shape index (κ2) is 14.3. The lowest BCUT2D eigenvalue weighted by Crippen LogP contribution is -2.10. The van der Waals surface area contributed by atoms with Crippen LogP contribution in [0, 0.1) is 0 Å². The number of hydrogen-bond donors (Lipinski definition) is 0. The lowest BCUT2D eigenvalue weighted by molar-refractivity contribution is 1.17. The summed E-state index contributed by atoms with van der Waals surface area (Å²) < 4.78 is 4.76. The third kappa shape index (κ3) is 5.90. The van der Waals surface area contributed by atoms with Gasteiger partial charge in [-0.2, -0.15) is 0 Å². The minimum Gasteiger partial charge on any atom is -0.310 e. The van der Waals surface area contributed by atoms with Gasteiger partial charge in [-0.1, -0.05) is 146 Å². The van der Waals surface area contributed by atoms with Crippen molar-refractivity contribution in [2.75, 3.05) is 4.90 Å². The van der Waals surface area contributed by atoms with Crippen molar-refractivity contribution in [2.24, 2.45) is 0 Å². The van der Waals surface area contributed by atoms with E-state index in [1.807, 2.05) is 0 Å². The lowest BCUT2D eigenvalue weighted by atomic mass is 10.00. The first kappa shape index (κ1) is 34.9. The van der Waals surface area contributed by atoms with Crippen LogP contribution in [0.3, 0.4) is 0 Å². The molecule has 0 aliphatic carbocycles. The number of benzene rings is 10. The predicted molar refractivity (Wildman–Crippen MR) is 258 cm³/mol. The molecule has 0 saturated carbocycles. The smallest absolute Gasteiger partial charge is 0.0541 e. The first-order chi connectivity index (χ1) is 30.2. The highest BCUT2D eigenvalue weighted by atomic mass is 15.1. The SMILES string of the molecule is c1cc(-c2ccc3ccccc3c2)cc(N(c2ccc(-c3cccc(-n4c5ccccc5c5ccccc54)c3)cc2)c2ccc(-n3c4ccccc4c4ccccc43)cc2)c1. The molecule has 3 heteroatoms. The molecule has 61 heavy (non-hydrogen) atoms. The number of nitrogens with zero attached hydrogens (tertiary/aromatic N) is 3. The second-order valence-electron chi connectivity index (χ2n) is 15.8. The minimum atomic E-state index is 1.08. The summed E-state index contributed by atoms with van der Waals surface area (Å²) in [6.45, 7) is 0. The molecule has 0 saturated heterocycles. The molecule has 0 amide bonds. The maximum atomic E-state index is 2.38. The topological polar surface area (TPSA) is 13.1 Å². The molecule has 0 fully saturated rings. The van der Waals surface area contributed by atoms with Crippen molar-refractivity contribution >= 4 is 71.4 Å². The zero-order chi connectivity index (χ0) is 40.3. The van der Waals surface area contributed by atoms with Crippen LogP contribution in [0.15, 0.2) is 237 Å². The van der Waals surface area contributed by atoms with E-state index in [1.165, 1.54) is 71.1 Å². The Hall–Kier alpha value is -8.14. The Bertz CT molecular complexity index is 3480. The number of para-hydroxylation sites is 4. The van der Waals surface area contributed by atoms with E-state index in [-0.39, 0.29) is 0 Å². The van der Waals surface area contributed by atoms with Crippen LogP contribution < -0.4 is 4.90 Å². The van der Waals surface area contributed by atoms with Crippen molar-refractivity contribution < 1.29 is 0 Å². The average molecular weight is 778 g/mol. The molecule has 2 heterocycles. The molecule has 0 N–H and O–H groups in total. The molecular formula is C58H39N3. The van der Waals surface area contributed by atoms with Gasteiger partial charge in [0, 0.05) is 50.0 Å². The van der Waals surface area contributed by atoms with Crippen LogP contribution in [0.1, 0.15) is 0 Å². The number of fused-ring (bicyclic) bond motifs is 7. The van der Waals surface area contributed by atoms with Gasteiger partial charge in [0.2, 0.25) is 0 Å². The van der Waals surface area contributed by atoms with Crippen molar-refractivity contribution in [1.29, 1.82) is 0 Å². The highest BCUT2D eigenvalue weighted by Crippen LogP contribution is 2.40. The van der Waals surface area contributed by atoms with Crippen molar-refractivity contribution in [3.63, 3.8) is 0 Å². The molecule has 0 aliphatic rings. The predicted octanol–water partition coefficient (Wildman–Crippen LogP) is 15.8. The van der Waals surface area contributed by atoms with Crippen LogP contribution >= 0.6 is 0 Å². The Morgan fingerprint density at radius 3 is 1.28 bits per heavy atom. The van der Waals surface area contributed by atoms with E-state index in [0.717, 1.165) is 34.0 Å². The van der Waals surface area contributed by atoms with E-state index < -0.39 is 0 Å². The molecule has 10 aromatic carbocycles. The van der Waals surface area contributed by atoms with Gasteiger partial charge in [-0.15, -0.1) is 0 Å². The summed E-state index contributed by atoms with van der Waals surface area (Å²) in [4.78, 5) is 2.37. The van der Waals surface area contributed by atoms with Crippen molar-refractivity contribution in [1.82, 2.24) is 9.13 Å². The molecular weight excluding hydrogens is 739 g/mol. The molecule has 12 aromatic rings. The summed E-state index contributed by atoms with van der Waals surface area (Å²) in [5, 5.41) is 7.53. The molecule has 0 radical (unpaired) electrons. The molecule has 0 atom stereocenters. The van der Waals surface area contributed by atoms with Crippen LogP contribution in [-0.2, 0) is 0 Å². The molecule has 0 bridgehead atoms. The van der Waals surface area contributed by atoms with Crippen molar-refractivity contribution in [3.8, 4) is 33.6 Å². The van der Waals surface area contributed by atoms with Gasteiger partial charge in [0.25, 0.3) is 0 Å². The van der Waals surface area contributed by atoms with Gasteiger partial charge in [-0.05, 0) is 124 Å². The summed E-state index contributed by atoms with van der Waals surface area (Å²) in [6.07, 6.45) is 0. The maximum Gasteiger partial charge on any atom is 0.0541 e. The fraction of sp³-hybridized carbons (Fsp3) is 0. The maximum absolute atomic E-state index is 2.38. The van der Waals surface area contributed by atoms with Gasteiger partial charge in [0.05, 0.1) is 22.1 Å². The Morgan fingerprint density at radius 1 is 0.246 bits per heavy atom. The third-order valence-corrected chi connectivity index (χ3v) is 12.3. The first-order valence-electron chi connectivity index (χ1n) is 20.9. The monoisotopic (exact) mass is 777 g/mol. The van der Waals surface area contributed by atoms with E-state index >= 15 is 0 Å². The van der Waals surface area contributed by atoms with Gasteiger partial charge in [0.1, 0.15) is 0 Å². The quantitative estimate of drug-likeness (QED) is 0.157. The highest BCUT2D eigenvalue weighted by Gasteiger charge is 2.17. The van der Waals surface area contributed by atoms with E-state index in [9.17, 15) is 0 Å². The number of anilines is 3. The molecule has 3 nitrogen and oxygen atoms in total. The Balaban J connectivity index is 0.958. The van der Waals surface area contributed by atoms with E-state index in [1.54, 1.807) is 0 Å². The molecule has 12 rings (SSSR count). The number of hydrogen-bond acceptors (Lipinski definition) is 1. The molecule has 0 unspecified atom stereocenters. The zero-order valence-corrected chi connectivity index (χ0v) is 33.4. The summed E-state index contributed by atoms with van der Waals surface area (Å²) in [5.74, 6) is 0. The fourth-order valence-electron chi connectivity index (χ4n) is 9.42. The molecule has 286 valence electrons. The van der Waals surface area contributed by atoms with E-state index in [2.05, 4.69) is 251 Å². The van der Waals surface area contributed by atoms with Crippen LogP contribution in [0.2, 0.25) is 0 Å². The normalized spacial score (nSPS) is 11.6. The first-order valence-corrected chi connectivity index (χ1v) is 20.9. The third-order valence-electron chi connectivity index (χ3n) is 12.3. The summed E-state index contributed by atoms with van der Waals surface area (Å²) in [6, 6.07) is 85.9. The summed E-state index contributed by atoms with van der Waals surface area (Å²) in [5.41, 5.74) is 15.1. The standard InChI is InChI=1S/C58H39N3/c1-2-14-42-37-45(28-27-40(42)13-1)44-16-12-17-49(39-44)59(47-33-35-48(36-34-47)60-55-23-7-3-19-51(55)52-20-4-8-24-56(52)60)46-31-29-41(30-32-46)43-15-11-18-50(38-43)61-57-25-9-5-21-53(57)54-22-6-10-26-58(54)61/h1-39H. The minimum absolute atomic E-state index is 1.08. The molecule has 0 spiro atoms. The van der Waals surface area contributed by atoms with Gasteiger partial charge < -0.3 is 14.0 Å². The van der Waals surface area contributed by atoms with Gasteiger partial charge >= 0.3 is 0 Å². The lowest BCUT2D eigenvalue weighted by Gasteiger charge is -2.26. The number of rotatable bonds is 7. The van der Waals surface area contributed by atoms with Crippen LogP contribution in [-0.4, -0.2) is 9.13 Å². The van der Waals surface area contributed by atoms with E-state index in [0.29, 0.717) is 0 Å². The van der Waals surface area contributed by atoms with Gasteiger partial charge in [0.15, 0.2) is 0 Å². The van der Waals surface area contributed by atoms with Gasteiger partial charge in [-0.3, -0.25) is 0 Å². The second-order valence-corrected chi connectivity index (χ2v) is 15.8. The van der Waals surface area contributed by atoms with E-state index in [4.69, 9.17) is 0 Å². The van der Waals surface area contributed by atoms with Crippen LogP contribution in [0.25, 0.3) is 88.0 Å². The average Bonchev–Trinajstić information content (AvgIpc) is 3.85. The number of aromatic nitrogens is 2. The Kier molecular flexibility index (Phi) is 8.17. The highest BCUT2D eigenvalue weighted by molar-refractivity contribution is 6.10. The van der Waals surface area contributed by atoms with Crippen molar-refractivity contribution in [3.05, 3.63) is 237 Å². The molecule has 0 aliphatic heterocycles. The van der Waals surface area contributed by atoms with Crippen molar-refractivity contribution in [2.45, 2.75) is 0 Å². The van der Waals surface area contributed by atoms with Gasteiger partial charge in [-0.25, -0.2) is 0 Å². The molecule has 2 aromatic heterocycles. The zero-order valence-electron chi connectivity index (χ0n) is 33.4. The summed E-state index contributed by atoms with van der Waals surface area (Å²) in [7, 11) is 0. The Morgan fingerprint density at radius 2 is 0.689 bits per heavy atom. The summed E-state index contributed by atoms with van der Waals surface area (Å²) >= 11 is 0. The fourth-order valence-corrected chi connectivity index (χ4v) is 9.42. The van der Waals surface area contributed by atoms with Crippen LogP contribution in [0.4, 0.5) is 17.1 Å². The Labute approximate surface area is 354 Å². The van der Waals surface area contributed by atoms with Crippen LogP contribution in [0.5, 0.6) is 0 Å². The largest absolute Gasteiger partial charge is 0.310 e.